The number of likely N-dealkylation sites (tertiary alicyclic amines) is 1. The van der Waals surface area contributed by atoms with Crippen molar-refractivity contribution in [3.8, 4) is 0 Å². The number of carbonyl (C=O) groups excluding carboxylic acids is 1. The van der Waals surface area contributed by atoms with Crippen LogP contribution < -0.4 is 0 Å². The van der Waals surface area contributed by atoms with Crippen LogP contribution in [0.4, 0.5) is 18.0 Å². The third-order valence-corrected chi connectivity index (χ3v) is 4.23. The number of piperidine rings is 1. The number of carbonyl (C=O) groups is 2. The number of morpholine rings is 1. The highest BCUT2D eigenvalue weighted by Crippen LogP contribution is 2.34. The maximum atomic E-state index is 12.6. The summed E-state index contributed by atoms with van der Waals surface area (Å²) in [4.78, 5) is 26.2. The monoisotopic (exact) mass is 324 g/mol. The molecule has 9 heteroatoms. The fraction of sp³-hybridized carbons (Fsp3) is 0.846. The molecule has 1 unspecified atom stereocenters. The number of halogens is 3. The SMILES string of the molecule is CC1(C(=O)O)CN(C(=O)N2CCC(C(F)(F)F)CC2)CCO1. The molecular formula is C13H19F3N2O4. The summed E-state index contributed by atoms with van der Waals surface area (Å²) in [5.74, 6) is -2.54. The Hall–Kier alpha value is -1.51. The molecule has 2 saturated heterocycles. The van der Waals surface area contributed by atoms with Crippen molar-refractivity contribution >= 4 is 12.0 Å². The molecule has 0 aliphatic carbocycles. The standard InChI is InChI=1S/C13H19F3N2O4/c1-12(10(19)20)8-18(6-7-22-12)11(21)17-4-2-9(3-5-17)13(14,15)16/h9H,2-8H2,1H3,(H,19,20). The van der Waals surface area contributed by atoms with E-state index in [0.717, 1.165) is 0 Å². The zero-order chi connectivity index (χ0) is 16.5. The van der Waals surface area contributed by atoms with E-state index in [1.54, 1.807) is 0 Å². The molecule has 2 aliphatic heterocycles. The van der Waals surface area contributed by atoms with Crippen molar-refractivity contribution in [1.82, 2.24) is 9.80 Å². The van der Waals surface area contributed by atoms with Gasteiger partial charge in [0.1, 0.15) is 0 Å². The molecule has 0 aromatic rings. The quantitative estimate of drug-likeness (QED) is 0.795. The van der Waals surface area contributed by atoms with Crippen molar-refractivity contribution in [3.05, 3.63) is 0 Å². The van der Waals surface area contributed by atoms with Crippen LogP contribution in [0.25, 0.3) is 0 Å². The number of nitrogens with zero attached hydrogens (tertiary/aromatic N) is 2. The summed E-state index contributed by atoms with van der Waals surface area (Å²) < 4.78 is 43.1. The predicted molar refractivity (Wildman–Crippen MR) is 69.3 cm³/mol. The van der Waals surface area contributed by atoms with E-state index in [4.69, 9.17) is 9.84 Å². The van der Waals surface area contributed by atoms with Gasteiger partial charge in [0.25, 0.3) is 0 Å². The van der Waals surface area contributed by atoms with Crippen LogP contribution in [0.1, 0.15) is 19.8 Å². The smallest absolute Gasteiger partial charge is 0.391 e. The van der Waals surface area contributed by atoms with Crippen LogP contribution in [0.5, 0.6) is 0 Å². The number of carboxylic acids is 1. The molecule has 0 radical (unpaired) electrons. The molecule has 0 bridgehead atoms. The van der Waals surface area contributed by atoms with Crippen LogP contribution >= 0.6 is 0 Å². The highest BCUT2D eigenvalue weighted by molar-refractivity contribution is 5.80. The van der Waals surface area contributed by atoms with Crippen LogP contribution in [0, 0.1) is 5.92 Å². The van der Waals surface area contributed by atoms with Gasteiger partial charge in [0.2, 0.25) is 0 Å². The summed E-state index contributed by atoms with van der Waals surface area (Å²) in [7, 11) is 0. The number of alkyl halides is 3. The lowest BCUT2D eigenvalue weighted by atomic mass is 9.96. The van der Waals surface area contributed by atoms with E-state index in [1.807, 2.05) is 0 Å². The number of urea groups is 1. The Kier molecular flexibility index (Phi) is 4.55. The molecule has 0 spiro atoms. The number of amides is 2. The van der Waals surface area contributed by atoms with Gasteiger partial charge in [-0.2, -0.15) is 13.2 Å². The van der Waals surface area contributed by atoms with Crippen LogP contribution in [0.3, 0.4) is 0 Å². The summed E-state index contributed by atoms with van der Waals surface area (Å²) in [6.07, 6.45) is -4.46. The largest absolute Gasteiger partial charge is 0.479 e. The van der Waals surface area contributed by atoms with Gasteiger partial charge in [0, 0.05) is 19.6 Å². The maximum absolute atomic E-state index is 12.6. The minimum atomic E-state index is -4.23. The Bertz CT molecular complexity index is 449. The van der Waals surface area contributed by atoms with Gasteiger partial charge in [-0.15, -0.1) is 0 Å². The lowest BCUT2D eigenvalue weighted by Crippen LogP contribution is -2.59. The molecule has 2 fully saturated rings. The molecule has 22 heavy (non-hydrogen) atoms. The van der Waals surface area contributed by atoms with E-state index in [-0.39, 0.29) is 45.6 Å². The van der Waals surface area contributed by atoms with Gasteiger partial charge in [-0.1, -0.05) is 0 Å². The van der Waals surface area contributed by atoms with Crippen molar-refractivity contribution in [2.24, 2.45) is 5.92 Å². The van der Waals surface area contributed by atoms with Gasteiger partial charge in [0.05, 0.1) is 19.1 Å². The summed E-state index contributed by atoms with van der Waals surface area (Å²) in [6, 6.07) is -0.420. The van der Waals surface area contributed by atoms with Crippen molar-refractivity contribution in [3.63, 3.8) is 0 Å². The van der Waals surface area contributed by atoms with Gasteiger partial charge in [-0.3, -0.25) is 0 Å². The Morgan fingerprint density at radius 1 is 1.18 bits per heavy atom. The topological polar surface area (TPSA) is 70.1 Å². The molecule has 126 valence electrons. The van der Waals surface area contributed by atoms with E-state index in [1.165, 1.54) is 16.7 Å². The Morgan fingerprint density at radius 3 is 2.27 bits per heavy atom. The third kappa shape index (κ3) is 3.45. The molecule has 2 heterocycles. The summed E-state index contributed by atoms with van der Waals surface area (Å²) >= 11 is 0. The lowest BCUT2D eigenvalue weighted by Gasteiger charge is -2.41. The predicted octanol–water partition coefficient (Wildman–Crippen LogP) is 1.56. The van der Waals surface area contributed by atoms with Gasteiger partial charge >= 0.3 is 18.2 Å². The second kappa shape index (κ2) is 5.94. The van der Waals surface area contributed by atoms with E-state index >= 15 is 0 Å². The summed E-state index contributed by atoms with van der Waals surface area (Å²) in [5, 5.41) is 9.13. The van der Waals surface area contributed by atoms with E-state index in [0.29, 0.717) is 0 Å². The first-order valence-corrected chi connectivity index (χ1v) is 7.11. The Balaban J connectivity index is 1.94. The zero-order valence-corrected chi connectivity index (χ0v) is 12.2. The molecule has 0 aromatic carbocycles. The van der Waals surface area contributed by atoms with Crippen LogP contribution in [-0.4, -0.2) is 71.5 Å². The van der Waals surface area contributed by atoms with Gasteiger partial charge in [-0.05, 0) is 19.8 Å². The fourth-order valence-corrected chi connectivity index (χ4v) is 2.76. The molecule has 0 aromatic heterocycles. The first-order chi connectivity index (χ1) is 10.1. The van der Waals surface area contributed by atoms with Crippen LogP contribution in [0.15, 0.2) is 0 Å². The van der Waals surface area contributed by atoms with Crippen LogP contribution in [0.2, 0.25) is 0 Å². The first kappa shape index (κ1) is 16.9. The van der Waals surface area contributed by atoms with E-state index in [2.05, 4.69) is 0 Å². The zero-order valence-electron chi connectivity index (χ0n) is 12.2. The lowest BCUT2D eigenvalue weighted by molar-refractivity contribution is -0.184. The average molecular weight is 324 g/mol. The Morgan fingerprint density at radius 2 is 1.77 bits per heavy atom. The molecule has 2 rings (SSSR count). The van der Waals surface area contributed by atoms with Gasteiger partial charge < -0.3 is 19.6 Å². The molecular weight excluding hydrogens is 305 g/mol. The van der Waals surface area contributed by atoms with Crippen molar-refractivity contribution in [2.45, 2.75) is 31.5 Å². The maximum Gasteiger partial charge on any atom is 0.391 e. The van der Waals surface area contributed by atoms with E-state index < -0.39 is 29.7 Å². The number of rotatable bonds is 1. The number of ether oxygens (including phenoxy) is 1. The number of hydrogen-bond donors (Lipinski definition) is 1. The minimum absolute atomic E-state index is 0.0319. The van der Waals surface area contributed by atoms with Gasteiger partial charge in [-0.25, -0.2) is 9.59 Å². The molecule has 6 nitrogen and oxygen atoms in total. The second-order valence-electron chi connectivity index (χ2n) is 5.89. The first-order valence-electron chi connectivity index (χ1n) is 7.11. The number of aliphatic carboxylic acids is 1. The highest BCUT2D eigenvalue weighted by atomic mass is 19.4. The van der Waals surface area contributed by atoms with Crippen molar-refractivity contribution in [2.75, 3.05) is 32.8 Å². The molecule has 1 atom stereocenters. The summed E-state index contributed by atoms with van der Waals surface area (Å²) in [5.41, 5.74) is -1.47. The number of carboxylic acid groups (broad SMARTS) is 1. The van der Waals surface area contributed by atoms with Crippen LogP contribution in [-0.2, 0) is 9.53 Å². The molecule has 2 aliphatic rings. The molecule has 0 saturated carbocycles. The van der Waals surface area contributed by atoms with Gasteiger partial charge in [0.15, 0.2) is 5.60 Å². The number of hydrogen-bond acceptors (Lipinski definition) is 3. The van der Waals surface area contributed by atoms with Crippen molar-refractivity contribution in [1.29, 1.82) is 0 Å². The molecule has 1 N–H and O–H groups in total. The highest BCUT2D eigenvalue weighted by Gasteiger charge is 2.44. The van der Waals surface area contributed by atoms with E-state index in [9.17, 15) is 22.8 Å². The third-order valence-electron chi connectivity index (χ3n) is 4.23. The average Bonchev–Trinajstić information content (AvgIpc) is 2.45. The van der Waals surface area contributed by atoms with Crippen molar-refractivity contribution < 1.29 is 32.6 Å². The second-order valence-corrected chi connectivity index (χ2v) is 5.89. The normalized spacial score (nSPS) is 27.8. The molecule has 2 amide bonds. The minimum Gasteiger partial charge on any atom is -0.479 e. The summed E-state index contributed by atoms with van der Waals surface area (Å²) in [6.45, 7) is 1.66. The Labute approximate surface area is 125 Å². The fourth-order valence-electron chi connectivity index (χ4n) is 2.76.